The quantitative estimate of drug-likeness (QED) is 0.191. The number of rotatable bonds is 10. The van der Waals surface area contributed by atoms with E-state index < -0.39 is 5.60 Å². The average Bonchev–Trinajstić information content (AvgIpc) is 3.15. The maximum atomic E-state index is 12.8. The third-order valence-corrected chi connectivity index (χ3v) is 9.88. The molecule has 1 atom stereocenters. The summed E-state index contributed by atoms with van der Waals surface area (Å²) in [5.74, 6) is 2.33. The van der Waals surface area contributed by atoms with Gasteiger partial charge >= 0.3 is 6.09 Å². The Balaban J connectivity index is 1.04. The lowest BCUT2D eigenvalue weighted by molar-refractivity contribution is -0.122. The summed E-state index contributed by atoms with van der Waals surface area (Å²) in [6.07, 6.45) is 5.20. The summed E-state index contributed by atoms with van der Waals surface area (Å²) in [6, 6.07) is 15.5. The zero-order valence-corrected chi connectivity index (χ0v) is 31.7. The second-order valence-electron chi connectivity index (χ2n) is 14.7. The molecule has 2 aromatic carbocycles. The largest absolute Gasteiger partial charge is 0.493 e. The number of fused-ring (bicyclic) bond motifs is 1. The number of aromatic nitrogens is 3. The molecule has 14 heteroatoms. The molecule has 2 N–H and O–H groups in total. The van der Waals surface area contributed by atoms with Gasteiger partial charge in [-0.15, -0.1) is 0 Å². The van der Waals surface area contributed by atoms with Gasteiger partial charge in [0.1, 0.15) is 16.4 Å². The van der Waals surface area contributed by atoms with Crippen molar-refractivity contribution in [3.05, 3.63) is 75.7 Å². The van der Waals surface area contributed by atoms with Crippen molar-refractivity contribution in [2.75, 3.05) is 56.7 Å². The number of nitrogens with one attached hydrogen (secondary N) is 2. The number of nitrogens with zero attached hydrogens (tertiary/aromatic N) is 5. The van der Waals surface area contributed by atoms with Gasteiger partial charge in [0.2, 0.25) is 5.95 Å². The molecule has 2 amide bonds. The monoisotopic (exact) mass is 745 g/mol. The molecule has 4 heterocycles. The molecule has 0 aliphatic carbocycles. The fourth-order valence-corrected chi connectivity index (χ4v) is 6.88. The van der Waals surface area contributed by atoms with E-state index in [0.29, 0.717) is 59.5 Å². The number of carbonyl (C=O) groups is 2. The lowest BCUT2D eigenvalue weighted by atomic mass is 9.89. The maximum absolute atomic E-state index is 12.8. The third kappa shape index (κ3) is 9.50. The topological polar surface area (TPSA) is 140 Å². The normalized spacial score (nSPS) is 16.7. The van der Waals surface area contributed by atoms with Crippen molar-refractivity contribution in [2.24, 2.45) is 13.0 Å². The van der Waals surface area contributed by atoms with Gasteiger partial charge in [0.25, 0.3) is 11.5 Å². The van der Waals surface area contributed by atoms with E-state index >= 15 is 0 Å². The lowest BCUT2D eigenvalue weighted by Crippen LogP contribution is -2.41. The molecular formula is C39H48ClN7O6. The first kappa shape index (κ1) is 37.7. The highest BCUT2D eigenvalue weighted by molar-refractivity contribution is 6.32. The smallest absolute Gasteiger partial charge is 0.410 e. The molecule has 6 rings (SSSR count). The van der Waals surface area contributed by atoms with Crippen molar-refractivity contribution in [1.29, 1.82) is 0 Å². The Morgan fingerprint density at radius 3 is 2.47 bits per heavy atom. The second kappa shape index (κ2) is 16.3. The van der Waals surface area contributed by atoms with Crippen molar-refractivity contribution >= 4 is 52.0 Å². The maximum Gasteiger partial charge on any atom is 0.410 e. The van der Waals surface area contributed by atoms with Gasteiger partial charge in [-0.25, -0.2) is 9.78 Å². The Kier molecular flexibility index (Phi) is 11.6. The van der Waals surface area contributed by atoms with E-state index in [-0.39, 0.29) is 29.9 Å². The van der Waals surface area contributed by atoms with Crippen LogP contribution in [0.15, 0.2) is 59.5 Å². The fourth-order valence-electron chi connectivity index (χ4n) is 6.74. The van der Waals surface area contributed by atoms with Gasteiger partial charge in [-0.05, 0) is 94.3 Å². The van der Waals surface area contributed by atoms with Crippen LogP contribution in [0.25, 0.3) is 10.9 Å². The molecule has 2 aliphatic rings. The summed E-state index contributed by atoms with van der Waals surface area (Å²) in [4.78, 5) is 50.2. The van der Waals surface area contributed by atoms with Gasteiger partial charge in [0.05, 0.1) is 18.3 Å². The Morgan fingerprint density at radius 1 is 1.00 bits per heavy atom. The number of halogens is 1. The van der Waals surface area contributed by atoms with Crippen LogP contribution in [0.5, 0.6) is 11.5 Å². The summed E-state index contributed by atoms with van der Waals surface area (Å²) in [5, 5.41) is 6.90. The van der Waals surface area contributed by atoms with Crippen molar-refractivity contribution in [3.63, 3.8) is 0 Å². The number of anilines is 3. The van der Waals surface area contributed by atoms with Crippen molar-refractivity contribution in [3.8, 4) is 11.5 Å². The first-order chi connectivity index (χ1) is 25.4. The van der Waals surface area contributed by atoms with Gasteiger partial charge in [-0.3, -0.25) is 9.59 Å². The highest BCUT2D eigenvalue weighted by Crippen LogP contribution is 2.32. The highest BCUT2D eigenvalue weighted by Gasteiger charge is 2.28. The number of pyridine rings is 1. The Labute approximate surface area is 314 Å². The van der Waals surface area contributed by atoms with Crippen LogP contribution in [0.2, 0.25) is 5.02 Å². The van der Waals surface area contributed by atoms with E-state index in [0.717, 1.165) is 49.9 Å². The van der Waals surface area contributed by atoms with E-state index in [1.54, 1.807) is 24.2 Å². The zero-order valence-electron chi connectivity index (χ0n) is 31.0. The molecule has 1 unspecified atom stereocenters. The van der Waals surface area contributed by atoms with Crippen molar-refractivity contribution in [2.45, 2.75) is 58.0 Å². The molecule has 0 radical (unpaired) electrons. The molecule has 0 spiro atoms. The summed E-state index contributed by atoms with van der Waals surface area (Å²) >= 11 is 6.56. The lowest BCUT2D eigenvalue weighted by Gasteiger charge is -2.33. The SMILES string of the molecule is CNC(=O)COc1cc2cc(Nc3nc(N4CCCC(COc5ccc(C6CCN(C(=O)OC(C)(C)C)CC6)cc5)C4)ncc3Cl)ccc2n(C)c1=O. The predicted octanol–water partition coefficient (Wildman–Crippen LogP) is 6.26. The minimum atomic E-state index is -0.490. The molecule has 0 bridgehead atoms. The minimum Gasteiger partial charge on any atom is -0.493 e. The van der Waals surface area contributed by atoms with Gasteiger partial charge in [0, 0.05) is 57.3 Å². The third-order valence-electron chi connectivity index (χ3n) is 9.61. The number of benzene rings is 2. The van der Waals surface area contributed by atoms with Gasteiger partial charge in [-0.2, -0.15) is 4.98 Å². The number of amides is 2. The Morgan fingerprint density at radius 2 is 1.75 bits per heavy atom. The van der Waals surface area contributed by atoms with Crippen LogP contribution in [0, 0.1) is 5.92 Å². The molecule has 4 aromatic rings. The van der Waals surface area contributed by atoms with Gasteiger partial charge in [0.15, 0.2) is 18.2 Å². The summed E-state index contributed by atoms with van der Waals surface area (Å²) in [5.41, 5.74) is 1.86. The van der Waals surface area contributed by atoms with Crippen LogP contribution in [-0.4, -0.2) is 83.5 Å². The van der Waals surface area contributed by atoms with Crippen LogP contribution >= 0.6 is 11.6 Å². The molecule has 2 aliphatic heterocycles. The number of likely N-dealkylation sites (N-methyl/N-ethyl adjacent to an activating group) is 1. The van der Waals surface area contributed by atoms with E-state index in [2.05, 4.69) is 32.7 Å². The van der Waals surface area contributed by atoms with Gasteiger partial charge in [-0.1, -0.05) is 23.7 Å². The molecule has 2 saturated heterocycles. The van der Waals surface area contributed by atoms with Crippen molar-refractivity contribution < 1.29 is 23.8 Å². The van der Waals surface area contributed by atoms with Crippen LogP contribution in [0.3, 0.4) is 0 Å². The minimum absolute atomic E-state index is 0.0813. The van der Waals surface area contributed by atoms with E-state index in [4.69, 9.17) is 30.8 Å². The number of likely N-dealkylation sites (tertiary alicyclic amines) is 1. The summed E-state index contributed by atoms with van der Waals surface area (Å²) in [7, 11) is 3.17. The average molecular weight is 746 g/mol. The Hall–Kier alpha value is -5.04. The second-order valence-corrected chi connectivity index (χ2v) is 15.1. The number of hydrogen-bond acceptors (Lipinski definition) is 10. The van der Waals surface area contributed by atoms with Crippen molar-refractivity contribution in [1.82, 2.24) is 24.8 Å². The predicted molar refractivity (Wildman–Crippen MR) is 206 cm³/mol. The van der Waals surface area contributed by atoms with Crippen LogP contribution < -0.4 is 30.6 Å². The number of hydrogen-bond donors (Lipinski definition) is 2. The molecule has 282 valence electrons. The summed E-state index contributed by atoms with van der Waals surface area (Å²) < 4.78 is 18.8. The molecule has 13 nitrogen and oxygen atoms in total. The summed E-state index contributed by atoms with van der Waals surface area (Å²) in [6.45, 7) is 8.95. The standard InChI is InChI=1S/C39H48ClN7O6/c1-39(2,3)53-38(50)46-17-14-27(15-18-46)26-8-11-30(12-9-26)51-23-25-7-6-16-47(22-25)37-42-21-31(40)35(44-37)43-29-10-13-32-28(19-29)20-33(36(49)45(32)5)52-24-34(48)41-4/h8-13,19-21,25,27H,6-7,14-18,22-24H2,1-5H3,(H,41,48)(H,42,43,44). The molecule has 2 fully saturated rings. The number of aryl methyl sites for hydroxylation is 1. The highest BCUT2D eigenvalue weighted by atomic mass is 35.5. The number of carbonyl (C=O) groups excluding carboxylic acids is 2. The van der Waals surface area contributed by atoms with Gasteiger partial charge < -0.3 is 39.2 Å². The van der Waals surface area contributed by atoms with E-state index in [1.807, 2.05) is 51.1 Å². The van der Waals surface area contributed by atoms with E-state index in [9.17, 15) is 14.4 Å². The number of ether oxygens (including phenoxy) is 3. The van der Waals surface area contributed by atoms with Crippen LogP contribution in [0.1, 0.15) is 57.9 Å². The zero-order chi connectivity index (χ0) is 37.7. The van der Waals surface area contributed by atoms with Crippen LogP contribution in [-0.2, 0) is 16.6 Å². The first-order valence-electron chi connectivity index (χ1n) is 18.1. The molecule has 0 saturated carbocycles. The van der Waals surface area contributed by atoms with E-state index in [1.165, 1.54) is 17.2 Å². The Bertz CT molecular complexity index is 1990. The molecule has 53 heavy (non-hydrogen) atoms. The van der Waals surface area contributed by atoms with Crippen LogP contribution in [0.4, 0.5) is 22.2 Å². The first-order valence-corrected chi connectivity index (χ1v) is 18.5. The molecule has 2 aromatic heterocycles. The fraction of sp³-hybridized carbons (Fsp3) is 0.462. The number of piperidine rings is 2. The molecular weight excluding hydrogens is 698 g/mol.